The highest BCUT2D eigenvalue weighted by atomic mass is 15.1. The molecule has 2 nitrogen and oxygen atoms in total. The summed E-state index contributed by atoms with van der Waals surface area (Å²) in [6.45, 7) is 10.9. The summed E-state index contributed by atoms with van der Waals surface area (Å²) >= 11 is 0. The number of nitrogens with zero attached hydrogens (tertiary/aromatic N) is 1. The number of hydrogen-bond acceptors (Lipinski definition) is 2. The molecule has 0 amide bonds. The van der Waals surface area contributed by atoms with E-state index in [1.165, 1.54) is 5.56 Å². The molecular formula is C14H24N2. The molecule has 0 heterocycles. The third kappa shape index (κ3) is 5.29. The molecule has 16 heavy (non-hydrogen) atoms. The maximum atomic E-state index is 3.45. The van der Waals surface area contributed by atoms with Gasteiger partial charge >= 0.3 is 0 Å². The second kappa shape index (κ2) is 7.42. The Morgan fingerprint density at radius 2 is 1.88 bits per heavy atom. The van der Waals surface area contributed by atoms with Gasteiger partial charge in [-0.15, -0.1) is 0 Å². The topological polar surface area (TPSA) is 15.3 Å². The van der Waals surface area contributed by atoms with Gasteiger partial charge in [0.25, 0.3) is 0 Å². The number of benzene rings is 1. The average Bonchev–Trinajstić information content (AvgIpc) is 2.28. The van der Waals surface area contributed by atoms with Gasteiger partial charge in [0.05, 0.1) is 0 Å². The van der Waals surface area contributed by atoms with E-state index in [0.29, 0.717) is 6.04 Å². The SMILES string of the molecule is CCN(CCNC(C)C)Cc1ccccc1. The van der Waals surface area contributed by atoms with E-state index in [1.807, 2.05) is 0 Å². The highest BCUT2D eigenvalue weighted by Gasteiger charge is 2.03. The van der Waals surface area contributed by atoms with Crippen LogP contribution in [0.1, 0.15) is 26.3 Å². The van der Waals surface area contributed by atoms with Crippen molar-refractivity contribution in [2.24, 2.45) is 0 Å². The van der Waals surface area contributed by atoms with Crippen LogP contribution in [0.25, 0.3) is 0 Å². The fourth-order valence-electron chi connectivity index (χ4n) is 1.70. The van der Waals surface area contributed by atoms with Gasteiger partial charge in [0, 0.05) is 25.7 Å². The molecule has 0 saturated carbocycles. The summed E-state index contributed by atoms with van der Waals surface area (Å²) in [5, 5.41) is 3.45. The largest absolute Gasteiger partial charge is 0.313 e. The van der Waals surface area contributed by atoms with Crippen molar-refractivity contribution >= 4 is 0 Å². The lowest BCUT2D eigenvalue weighted by molar-refractivity contribution is 0.276. The number of nitrogens with one attached hydrogen (secondary N) is 1. The van der Waals surface area contributed by atoms with E-state index in [9.17, 15) is 0 Å². The predicted molar refractivity (Wildman–Crippen MR) is 70.5 cm³/mol. The molecule has 90 valence electrons. The van der Waals surface area contributed by atoms with Crippen molar-refractivity contribution in [1.29, 1.82) is 0 Å². The van der Waals surface area contributed by atoms with E-state index in [4.69, 9.17) is 0 Å². The van der Waals surface area contributed by atoms with Gasteiger partial charge in [-0.05, 0) is 12.1 Å². The van der Waals surface area contributed by atoms with Gasteiger partial charge < -0.3 is 5.32 Å². The molecule has 0 spiro atoms. The van der Waals surface area contributed by atoms with Crippen molar-refractivity contribution in [3.8, 4) is 0 Å². The molecule has 0 unspecified atom stereocenters. The third-order valence-corrected chi connectivity index (χ3v) is 2.68. The molecule has 0 aromatic heterocycles. The molecule has 0 saturated heterocycles. The van der Waals surface area contributed by atoms with Crippen LogP contribution >= 0.6 is 0 Å². The molecule has 0 fully saturated rings. The van der Waals surface area contributed by atoms with Gasteiger partial charge in [-0.25, -0.2) is 0 Å². The Morgan fingerprint density at radius 3 is 2.44 bits per heavy atom. The Hall–Kier alpha value is -0.860. The summed E-state index contributed by atoms with van der Waals surface area (Å²) in [4.78, 5) is 2.46. The lowest BCUT2D eigenvalue weighted by Gasteiger charge is -2.21. The lowest BCUT2D eigenvalue weighted by Crippen LogP contribution is -2.34. The molecule has 0 aliphatic heterocycles. The van der Waals surface area contributed by atoms with Crippen molar-refractivity contribution in [3.63, 3.8) is 0 Å². The second-order valence-corrected chi connectivity index (χ2v) is 4.46. The van der Waals surface area contributed by atoms with Gasteiger partial charge in [0.2, 0.25) is 0 Å². The molecule has 1 rings (SSSR count). The minimum atomic E-state index is 0.579. The Labute approximate surface area is 99.7 Å². The van der Waals surface area contributed by atoms with Crippen LogP contribution in [0.4, 0.5) is 0 Å². The van der Waals surface area contributed by atoms with Gasteiger partial charge in [-0.3, -0.25) is 4.90 Å². The Balaban J connectivity index is 2.32. The van der Waals surface area contributed by atoms with Crippen LogP contribution in [0.15, 0.2) is 30.3 Å². The number of likely N-dealkylation sites (N-methyl/N-ethyl adjacent to an activating group) is 1. The number of rotatable bonds is 7. The first-order valence-corrected chi connectivity index (χ1v) is 6.22. The van der Waals surface area contributed by atoms with Crippen molar-refractivity contribution in [2.75, 3.05) is 19.6 Å². The van der Waals surface area contributed by atoms with Crippen molar-refractivity contribution in [3.05, 3.63) is 35.9 Å². The predicted octanol–water partition coefficient (Wildman–Crippen LogP) is 2.51. The molecule has 1 N–H and O–H groups in total. The quantitative estimate of drug-likeness (QED) is 0.759. The Bertz CT molecular complexity index is 269. The maximum Gasteiger partial charge on any atom is 0.0234 e. The smallest absolute Gasteiger partial charge is 0.0234 e. The molecule has 1 aromatic rings. The van der Waals surface area contributed by atoms with Crippen LogP contribution in [0.3, 0.4) is 0 Å². The Morgan fingerprint density at radius 1 is 1.19 bits per heavy atom. The van der Waals surface area contributed by atoms with Crippen LogP contribution in [0.5, 0.6) is 0 Å². The first kappa shape index (κ1) is 13.2. The molecule has 0 atom stereocenters. The molecule has 2 heteroatoms. The summed E-state index contributed by atoms with van der Waals surface area (Å²) in [5.41, 5.74) is 1.40. The first-order valence-electron chi connectivity index (χ1n) is 6.22. The third-order valence-electron chi connectivity index (χ3n) is 2.68. The van der Waals surface area contributed by atoms with Crippen LogP contribution in [-0.2, 0) is 6.54 Å². The second-order valence-electron chi connectivity index (χ2n) is 4.46. The van der Waals surface area contributed by atoms with Crippen LogP contribution in [0, 0.1) is 0 Å². The first-order chi connectivity index (χ1) is 7.72. The summed E-state index contributed by atoms with van der Waals surface area (Å²) < 4.78 is 0. The fraction of sp³-hybridized carbons (Fsp3) is 0.571. The van der Waals surface area contributed by atoms with Crippen LogP contribution in [-0.4, -0.2) is 30.6 Å². The number of hydrogen-bond donors (Lipinski definition) is 1. The fourth-order valence-corrected chi connectivity index (χ4v) is 1.70. The molecule has 0 aliphatic rings. The van der Waals surface area contributed by atoms with Gasteiger partial charge in [0.15, 0.2) is 0 Å². The van der Waals surface area contributed by atoms with E-state index in [0.717, 1.165) is 26.2 Å². The van der Waals surface area contributed by atoms with E-state index >= 15 is 0 Å². The van der Waals surface area contributed by atoms with Crippen LogP contribution in [0.2, 0.25) is 0 Å². The van der Waals surface area contributed by atoms with E-state index in [1.54, 1.807) is 0 Å². The zero-order valence-electron chi connectivity index (χ0n) is 10.7. The van der Waals surface area contributed by atoms with Crippen molar-refractivity contribution in [2.45, 2.75) is 33.4 Å². The normalized spacial score (nSPS) is 11.3. The molecule has 0 aliphatic carbocycles. The highest BCUT2D eigenvalue weighted by Crippen LogP contribution is 2.03. The molecular weight excluding hydrogens is 196 g/mol. The minimum absolute atomic E-state index is 0.579. The van der Waals surface area contributed by atoms with Gasteiger partial charge in [0.1, 0.15) is 0 Å². The summed E-state index contributed by atoms with van der Waals surface area (Å²) in [5.74, 6) is 0. The summed E-state index contributed by atoms with van der Waals surface area (Å²) in [6, 6.07) is 11.2. The van der Waals surface area contributed by atoms with Gasteiger partial charge in [-0.2, -0.15) is 0 Å². The minimum Gasteiger partial charge on any atom is -0.313 e. The Kier molecular flexibility index (Phi) is 6.12. The standard InChI is InChI=1S/C14H24N2/c1-4-16(11-10-15-13(2)3)12-14-8-6-5-7-9-14/h5-9,13,15H,4,10-12H2,1-3H3. The van der Waals surface area contributed by atoms with Crippen LogP contribution < -0.4 is 5.32 Å². The summed E-state index contributed by atoms with van der Waals surface area (Å²) in [7, 11) is 0. The highest BCUT2D eigenvalue weighted by molar-refractivity contribution is 5.14. The summed E-state index contributed by atoms with van der Waals surface area (Å²) in [6.07, 6.45) is 0. The lowest BCUT2D eigenvalue weighted by atomic mass is 10.2. The van der Waals surface area contributed by atoms with Crippen molar-refractivity contribution < 1.29 is 0 Å². The zero-order valence-corrected chi connectivity index (χ0v) is 10.7. The zero-order chi connectivity index (χ0) is 11.8. The monoisotopic (exact) mass is 220 g/mol. The van der Waals surface area contributed by atoms with Crippen molar-refractivity contribution in [1.82, 2.24) is 10.2 Å². The average molecular weight is 220 g/mol. The van der Waals surface area contributed by atoms with E-state index in [2.05, 4.69) is 61.3 Å². The van der Waals surface area contributed by atoms with Gasteiger partial charge in [-0.1, -0.05) is 51.1 Å². The van der Waals surface area contributed by atoms with E-state index in [-0.39, 0.29) is 0 Å². The molecule has 0 radical (unpaired) electrons. The molecule has 0 bridgehead atoms. The maximum absolute atomic E-state index is 3.45. The molecule has 1 aromatic carbocycles. The van der Waals surface area contributed by atoms with E-state index < -0.39 is 0 Å².